The number of allylic oxidation sites excluding steroid dienone is 1. The van der Waals surface area contributed by atoms with Crippen LogP contribution in [0.1, 0.15) is 46.4 Å². The van der Waals surface area contributed by atoms with Gasteiger partial charge in [-0.2, -0.15) is 0 Å². The normalized spacial score (nSPS) is 11.8. The molecule has 3 rings (SSSR count). The molecule has 1 atom stereocenters. The van der Waals surface area contributed by atoms with Gasteiger partial charge in [0, 0.05) is 17.1 Å². The van der Waals surface area contributed by atoms with Crippen LogP contribution in [0.25, 0.3) is 0 Å². The zero-order valence-corrected chi connectivity index (χ0v) is 22.0. The van der Waals surface area contributed by atoms with Gasteiger partial charge in [-0.25, -0.2) is 0 Å². The fourth-order valence-electron chi connectivity index (χ4n) is 3.35. The molecule has 184 valence electrons. The van der Waals surface area contributed by atoms with E-state index in [1.165, 1.54) is 17.8 Å². The molecule has 0 unspecified atom stereocenters. The van der Waals surface area contributed by atoms with Gasteiger partial charge in [0.2, 0.25) is 0 Å². The second-order valence-electron chi connectivity index (χ2n) is 8.00. The summed E-state index contributed by atoms with van der Waals surface area (Å²) in [4.78, 5) is 25.7. The SMILES string of the molecule is C=CCn1c(SCC(=O)c2ccc(OC)cc2)nnc1[C@@H](NC(=O)c1ccc(Cl)cc1Cl)C(C)C. The molecule has 1 amide bonds. The van der Waals surface area contributed by atoms with Crippen LogP contribution >= 0.6 is 35.0 Å². The lowest BCUT2D eigenvalue weighted by molar-refractivity contribution is 0.0921. The smallest absolute Gasteiger partial charge is 0.253 e. The van der Waals surface area contributed by atoms with Crippen LogP contribution in [0.15, 0.2) is 60.3 Å². The van der Waals surface area contributed by atoms with Gasteiger partial charge in [0.05, 0.1) is 29.5 Å². The molecule has 0 fully saturated rings. The van der Waals surface area contributed by atoms with Gasteiger partial charge in [-0.1, -0.05) is 54.9 Å². The van der Waals surface area contributed by atoms with Crippen LogP contribution in [0.5, 0.6) is 5.75 Å². The number of ether oxygens (including phenoxy) is 1. The molecule has 1 N–H and O–H groups in total. The minimum Gasteiger partial charge on any atom is -0.497 e. The Morgan fingerprint density at radius 2 is 1.89 bits per heavy atom. The van der Waals surface area contributed by atoms with Crippen LogP contribution in [0.2, 0.25) is 10.0 Å². The van der Waals surface area contributed by atoms with Crippen molar-refractivity contribution < 1.29 is 14.3 Å². The van der Waals surface area contributed by atoms with Crippen LogP contribution in [-0.2, 0) is 6.54 Å². The van der Waals surface area contributed by atoms with Gasteiger partial charge in [-0.3, -0.25) is 9.59 Å². The Morgan fingerprint density at radius 3 is 2.49 bits per heavy atom. The van der Waals surface area contributed by atoms with Crippen LogP contribution in [0, 0.1) is 5.92 Å². The minimum atomic E-state index is -0.451. The predicted molar refractivity (Wildman–Crippen MR) is 140 cm³/mol. The molecule has 2 aromatic carbocycles. The summed E-state index contributed by atoms with van der Waals surface area (Å²) in [7, 11) is 1.58. The summed E-state index contributed by atoms with van der Waals surface area (Å²) in [6, 6.07) is 11.2. The van der Waals surface area contributed by atoms with Gasteiger partial charge in [0.25, 0.3) is 5.91 Å². The van der Waals surface area contributed by atoms with Gasteiger partial charge >= 0.3 is 0 Å². The number of nitrogens with one attached hydrogen (secondary N) is 1. The summed E-state index contributed by atoms with van der Waals surface area (Å²) in [6.07, 6.45) is 1.72. The predicted octanol–water partition coefficient (Wildman–Crippen LogP) is 5.88. The van der Waals surface area contributed by atoms with Crippen molar-refractivity contribution in [3.8, 4) is 5.75 Å². The van der Waals surface area contributed by atoms with Crippen molar-refractivity contribution in [3.05, 3.63) is 82.1 Å². The quantitative estimate of drug-likeness (QED) is 0.188. The molecule has 0 bridgehead atoms. The van der Waals surface area contributed by atoms with Crippen molar-refractivity contribution in [2.45, 2.75) is 31.6 Å². The molecule has 7 nitrogen and oxygen atoms in total. The second-order valence-corrected chi connectivity index (χ2v) is 9.79. The number of hydrogen-bond donors (Lipinski definition) is 1. The number of nitrogens with zero attached hydrogens (tertiary/aromatic N) is 3. The lowest BCUT2D eigenvalue weighted by atomic mass is 10.0. The van der Waals surface area contributed by atoms with E-state index in [2.05, 4.69) is 22.1 Å². The summed E-state index contributed by atoms with van der Waals surface area (Å²) in [5, 5.41) is 12.9. The van der Waals surface area contributed by atoms with Crippen LogP contribution in [-0.4, -0.2) is 39.3 Å². The van der Waals surface area contributed by atoms with E-state index in [0.29, 0.717) is 39.4 Å². The highest BCUT2D eigenvalue weighted by Crippen LogP contribution is 2.28. The third-order valence-corrected chi connectivity index (χ3v) is 6.72. The fraction of sp³-hybridized carbons (Fsp3) is 0.280. The van der Waals surface area contributed by atoms with E-state index in [1.54, 1.807) is 49.6 Å². The number of benzene rings is 2. The third kappa shape index (κ3) is 6.66. The molecule has 1 aromatic heterocycles. The lowest BCUT2D eigenvalue weighted by Gasteiger charge is -2.23. The van der Waals surface area contributed by atoms with Crippen LogP contribution < -0.4 is 10.1 Å². The first-order valence-corrected chi connectivity index (χ1v) is 12.6. The Kier molecular flexibility index (Phi) is 9.37. The van der Waals surface area contributed by atoms with Crippen LogP contribution in [0.3, 0.4) is 0 Å². The molecule has 0 spiro atoms. The number of ketones is 1. The van der Waals surface area contributed by atoms with Crippen molar-refractivity contribution in [2.24, 2.45) is 5.92 Å². The number of Topliss-reactive ketones (excluding diaryl/α,β-unsaturated/α-hetero) is 1. The molecule has 0 saturated carbocycles. The molecule has 0 aliphatic heterocycles. The van der Waals surface area contributed by atoms with Gasteiger partial charge in [0.15, 0.2) is 16.8 Å². The Labute approximate surface area is 218 Å². The molecule has 0 aliphatic carbocycles. The first-order chi connectivity index (χ1) is 16.7. The zero-order valence-electron chi connectivity index (χ0n) is 19.6. The van der Waals surface area contributed by atoms with Crippen molar-refractivity contribution in [1.82, 2.24) is 20.1 Å². The number of thioether (sulfide) groups is 1. The standard InChI is InChI=1S/C25H26Cl2N4O3S/c1-5-12-31-23(22(15(2)3)28-24(33)19-11-8-17(26)13-20(19)27)29-30-25(31)35-14-21(32)16-6-9-18(34-4)10-7-16/h5-11,13,15,22H,1,12,14H2,2-4H3,(H,28,33)/t22-/m0/s1. The summed E-state index contributed by atoms with van der Waals surface area (Å²) >= 11 is 13.5. The number of carbonyl (C=O) groups excluding carboxylic acids is 2. The molecular weight excluding hydrogens is 507 g/mol. The van der Waals surface area contributed by atoms with Crippen molar-refractivity contribution >= 4 is 46.7 Å². The Balaban J connectivity index is 1.80. The van der Waals surface area contributed by atoms with Gasteiger partial charge < -0.3 is 14.6 Å². The van der Waals surface area contributed by atoms with E-state index in [1.807, 2.05) is 18.4 Å². The molecule has 0 radical (unpaired) electrons. The van der Waals surface area contributed by atoms with E-state index in [-0.39, 0.29) is 28.4 Å². The van der Waals surface area contributed by atoms with Gasteiger partial charge in [-0.05, 0) is 48.4 Å². The fourth-order valence-corrected chi connectivity index (χ4v) is 4.69. The Morgan fingerprint density at radius 1 is 1.17 bits per heavy atom. The summed E-state index contributed by atoms with van der Waals surface area (Å²) in [5.41, 5.74) is 0.900. The minimum absolute atomic E-state index is 0.00317. The van der Waals surface area contributed by atoms with Gasteiger partial charge in [0.1, 0.15) is 5.75 Å². The Hall–Kier alpha value is -2.81. The highest BCUT2D eigenvalue weighted by atomic mass is 35.5. The Bertz CT molecular complexity index is 1210. The lowest BCUT2D eigenvalue weighted by Crippen LogP contribution is -2.34. The maximum absolute atomic E-state index is 13.0. The third-order valence-electron chi connectivity index (χ3n) is 5.21. The summed E-state index contributed by atoms with van der Waals surface area (Å²) in [5.74, 6) is 1.04. The van der Waals surface area contributed by atoms with Crippen molar-refractivity contribution in [2.75, 3.05) is 12.9 Å². The monoisotopic (exact) mass is 532 g/mol. The van der Waals surface area contributed by atoms with E-state index in [9.17, 15) is 9.59 Å². The van der Waals surface area contributed by atoms with E-state index in [4.69, 9.17) is 27.9 Å². The van der Waals surface area contributed by atoms with E-state index in [0.717, 1.165) is 0 Å². The highest BCUT2D eigenvalue weighted by Gasteiger charge is 2.27. The number of halogens is 2. The zero-order chi connectivity index (χ0) is 25.5. The molecule has 3 aromatic rings. The molecule has 0 aliphatic rings. The van der Waals surface area contributed by atoms with Crippen LogP contribution in [0.4, 0.5) is 0 Å². The van der Waals surface area contributed by atoms with Crippen molar-refractivity contribution in [3.63, 3.8) is 0 Å². The maximum Gasteiger partial charge on any atom is 0.253 e. The van der Waals surface area contributed by atoms with E-state index >= 15 is 0 Å². The number of carbonyl (C=O) groups is 2. The largest absolute Gasteiger partial charge is 0.497 e. The summed E-state index contributed by atoms with van der Waals surface area (Å²) in [6.45, 7) is 8.19. The maximum atomic E-state index is 13.0. The number of aromatic nitrogens is 3. The molecule has 1 heterocycles. The topological polar surface area (TPSA) is 86.1 Å². The number of amides is 1. The number of methoxy groups -OCH3 is 1. The molecule has 10 heteroatoms. The highest BCUT2D eigenvalue weighted by molar-refractivity contribution is 7.99. The molecule has 35 heavy (non-hydrogen) atoms. The summed E-state index contributed by atoms with van der Waals surface area (Å²) < 4.78 is 7.00. The van der Waals surface area contributed by atoms with Crippen molar-refractivity contribution in [1.29, 1.82) is 0 Å². The second kappa shape index (κ2) is 12.2. The first-order valence-electron chi connectivity index (χ1n) is 10.8. The molecule has 0 saturated heterocycles. The average molecular weight is 533 g/mol. The average Bonchev–Trinajstić information content (AvgIpc) is 3.23. The van der Waals surface area contributed by atoms with E-state index < -0.39 is 6.04 Å². The first kappa shape index (κ1) is 26.8. The number of rotatable bonds is 11. The number of hydrogen-bond acceptors (Lipinski definition) is 6. The van der Waals surface area contributed by atoms with Gasteiger partial charge in [-0.15, -0.1) is 16.8 Å². The molecular formula is C25H26Cl2N4O3S.